The fraction of sp³-hybridized carbons (Fsp3) is 0.571. The van der Waals surface area contributed by atoms with Gasteiger partial charge in [-0.3, -0.25) is 4.90 Å². The van der Waals surface area contributed by atoms with E-state index in [0.29, 0.717) is 11.5 Å². The molecule has 1 heterocycles. The van der Waals surface area contributed by atoms with E-state index in [2.05, 4.69) is 18.7 Å². The summed E-state index contributed by atoms with van der Waals surface area (Å²) in [6.45, 7) is 6.91. The maximum Gasteiger partial charge on any atom is 0.488 e. The maximum absolute atomic E-state index is 9.08. The third-order valence-electron chi connectivity index (χ3n) is 3.72. The van der Waals surface area contributed by atoms with Crippen molar-refractivity contribution in [3.63, 3.8) is 0 Å². The fourth-order valence-corrected chi connectivity index (χ4v) is 2.51. The summed E-state index contributed by atoms with van der Waals surface area (Å²) < 4.78 is 5.69. The Bertz CT molecular complexity index is 396. The molecule has 2 N–H and O–H groups in total. The molecule has 0 aromatic heterocycles. The predicted octanol–water partition coefficient (Wildman–Crippen LogP) is 0.366. The molecular weight excluding hydrogens is 241 g/mol. The molecule has 0 aliphatic carbocycles. The molecule has 19 heavy (non-hydrogen) atoms. The van der Waals surface area contributed by atoms with Crippen molar-refractivity contribution in [2.24, 2.45) is 0 Å². The van der Waals surface area contributed by atoms with Crippen LogP contribution in [0.3, 0.4) is 0 Å². The standard InChI is InChI=1S/C14H22BNO3/c1-3-14-10-19-11(2)8-16(14)9-12-4-6-13(7-5-12)15(17)18/h4-7,11,14,17-18H,3,8-10H2,1-2H3. The van der Waals surface area contributed by atoms with Crippen LogP contribution < -0.4 is 5.46 Å². The van der Waals surface area contributed by atoms with Crippen LogP contribution in [0.2, 0.25) is 0 Å². The Morgan fingerprint density at radius 2 is 2.00 bits per heavy atom. The molecule has 0 spiro atoms. The van der Waals surface area contributed by atoms with Crippen molar-refractivity contribution in [2.45, 2.75) is 39.0 Å². The number of nitrogens with zero attached hydrogens (tertiary/aromatic N) is 1. The molecule has 5 heteroatoms. The Balaban J connectivity index is 2.02. The summed E-state index contributed by atoms with van der Waals surface area (Å²) in [5.41, 5.74) is 1.73. The smallest absolute Gasteiger partial charge is 0.423 e. The van der Waals surface area contributed by atoms with E-state index < -0.39 is 7.12 Å². The van der Waals surface area contributed by atoms with Crippen LogP contribution in [0.1, 0.15) is 25.8 Å². The lowest BCUT2D eigenvalue weighted by Crippen LogP contribution is -2.47. The highest BCUT2D eigenvalue weighted by Crippen LogP contribution is 2.17. The Hall–Kier alpha value is -0.875. The molecule has 1 fully saturated rings. The van der Waals surface area contributed by atoms with Crippen molar-refractivity contribution in [1.82, 2.24) is 4.90 Å². The molecule has 2 atom stereocenters. The first-order valence-corrected chi connectivity index (χ1v) is 6.90. The van der Waals surface area contributed by atoms with Gasteiger partial charge in [0.1, 0.15) is 0 Å². The number of benzene rings is 1. The van der Waals surface area contributed by atoms with Gasteiger partial charge in [-0.25, -0.2) is 0 Å². The lowest BCUT2D eigenvalue weighted by atomic mass is 9.80. The van der Waals surface area contributed by atoms with E-state index >= 15 is 0 Å². The van der Waals surface area contributed by atoms with Gasteiger partial charge in [-0.05, 0) is 24.4 Å². The van der Waals surface area contributed by atoms with Crippen molar-refractivity contribution in [3.05, 3.63) is 29.8 Å². The largest absolute Gasteiger partial charge is 0.488 e. The molecule has 0 bridgehead atoms. The van der Waals surface area contributed by atoms with Crippen LogP contribution in [0, 0.1) is 0 Å². The zero-order chi connectivity index (χ0) is 13.8. The number of hydrogen-bond acceptors (Lipinski definition) is 4. The summed E-state index contributed by atoms with van der Waals surface area (Å²) >= 11 is 0. The minimum absolute atomic E-state index is 0.279. The molecule has 2 rings (SSSR count). The number of ether oxygens (including phenoxy) is 1. The van der Waals surface area contributed by atoms with Gasteiger partial charge in [0.2, 0.25) is 0 Å². The van der Waals surface area contributed by atoms with Crippen LogP contribution in [-0.2, 0) is 11.3 Å². The summed E-state index contributed by atoms with van der Waals surface area (Å²) in [4.78, 5) is 2.44. The van der Waals surface area contributed by atoms with E-state index in [4.69, 9.17) is 14.8 Å². The lowest BCUT2D eigenvalue weighted by Gasteiger charge is -2.38. The minimum Gasteiger partial charge on any atom is -0.423 e. The number of hydrogen-bond donors (Lipinski definition) is 2. The van der Waals surface area contributed by atoms with Crippen molar-refractivity contribution >= 4 is 12.6 Å². The zero-order valence-electron chi connectivity index (χ0n) is 11.6. The summed E-state index contributed by atoms with van der Waals surface area (Å²) in [6, 6.07) is 7.93. The first-order valence-electron chi connectivity index (χ1n) is 6.90. The Morgan fingerprint density at radius 1 is 1.32 bits per heavy atom. The topological polar surface area (TPSA) is 52.9 Å². The molecule has 104 valence electrons. The maximum atomic E-state index is 9.08. The molecule has 0 radical (unpaired) electrons. The highest BCUT2D eigenvalue weighted by Gasteiger charge is 2.25. The van der Waals surface area contributed by atoms with Crippen LogP contribution in [0.4, 0.5) is 0 Å². The van der Waals surface area contributed by atoms with Gasteiger partial charge in [0, 0.05) is 19.1 Å². The van der Waals surface area contributed by atoms with Gasteiger partial charge >= 0.3 is 7.12 Å². The van der Waals surface area contributed by atoms with Crippen LogP contribution in [0.15, 0.2) is 24.3 Å². The SMILES string of the molecule is CCC1COC(C)CN1Cc1ccc(B(O)O)cc1. The summed E-state index contributed by atoms with van der Waals surface area (Å²) in [6.07, 6.45) is 1.36. The quantitative estimate of drug-likeness (QED) is 0.770. The van der Waals surface area contributed by atoms with Crippen LogP contribution in [0.5, 0.6) is 0 Å². The highest BCUT2D eigenvalue weighted by atomic mass is 16.5. The minimum atomic E-state index is -1.39. The summed E-state index contributed by atoms with van der Waals surface area (Å²) in [5, 5.41) is 18.2. The van der Waals surface area contributed by atoms with Crippen molar-refractivity contribution in [3.8, 4) is 0 Å². The van der Waals surface area contributed by atoms with Gasteiger partial charge in [-0.1, -0.05) is 31.2 Å². The van der Waals surface area contributed by atoms with Gasteiger partial charge in [0.25, 0.3) is 0 Å². The van der Waals surface area contributed by atoms with Crippen LogP contribution >= 0.6 is 0 Å². The van der Waals surface area contributed by atoms with Crippen molar-refractivity contribution in [2.75, 3.05) is 13.2 Å². The van der Waals surface area contributed by atoms with E-state index in [1.165, 1.54) is 5.56 Å². The number of morpholine rings is 1. The molecule has 1 aromatic carbocycles. The third-order valence-corrected chi connectivity index (χ3v) is 3.72. The molecule has 4 nitrogen and oxygen atoms in total. The average Bonchev–Trinajstić information content (AvgIpc) is 2.39. The fourth-order valence-electron chi connectivity index (χ4n) is 2.51. The first kappa shape index (κ1) is 14.5. The summed E-state index contributed by atoms with van der Waals surface area (Å²) in [5.74, 6) is 0. The molecule has 1 aromatic rings. The second kappa shape index (κ2) is 6.52. The zero-order valence-corrected chi connectivity index (χ0v) is 11.6. The predicted molar refractivity (Wildman–Crippen MR) is 76.2 cm³/mol. The molecular formula is C14H22BNO3. The van der Waals surface area contributed by atoms with E-state index in [1.54, 1.807) is 12.1 Å². The monoisotopic (exact) mass is 263 g/mol. The number of rotatable bonds is 4. The van der Waals surface area contributed by atoms with E-state index in [-0.39, 0.29) is 6.10 Å². The molecule has 0 amide bonds. The van der Waals surface area contributed by atoms with Gasteiger partial charge < -0.3 is 14.8 Å². The second-order valence-electron chi connectivity index (χ2n) is 5.25. The molecule has 1 aliphatic rings. The van der Waals surface area contributed by atoms with E-state index in [9.17, 15) is 0 Å². The molecule has 2 unspecified atom stereocenters. The van der Waals surface area contributed by atoms with Gasteiger partial charge in [-0.2, -0.15) is 0 Å². The lowest BCUT2D eigenvalue weighted by molar-refractivity contribution is -0.0591. The average molecular weight is 263 g/mol. The highest BCUT2D eigenvalue weighted by molar-refractivity contribution is 6.58. The molecule has 1 saturated heterocycles. The van der Waals surface area contributed by atoms with E-state index in [1.807, 2.05) is 12.1 Å². The van der Waals surface area contributed by atoms with Gasteiger partial charge in [0.15, 0.2) is 0 Å². The Labute approximate surface area is 115 Å². The van der Waals surface area contributed by atoms with Gasteiger partial charge in [-0.15, -0.1) is 0 Å². The Kier molecular flexibility index (Phi) is 4.99. The van der Waals surface area contributed by atoms with Crippen LogP contribution in [0.25, 0.3) is 0 Å². The first-order chi connectivity index (χ1) is 9.10. The molecule has 0 saturated carbocycles. The van der Waals surface area contributed by atoms with Crippen LogP contribution in [-0.4, -0.2) is 47.4 Å². The van der Waals surface area contributed by atoms with Crippen molar-refractivity contribution < 1.29 is 14.8 Å². The Morgan fingerprint density at radius 3 is 2.58 bits per heavy atom. The normalized spacial score (nSPS) is 24.4. The van der Waals surface area contributed by atoms with E-state index in [0.717, 1.165) is 26.1 Å². The van der Waals surface area contributed by atoms with Gasteiger partial charge in [0.05, 0.1) is 12.7 Å². The third kappa shape index (κ3) is 3.80. The summed E-state index contributed by atoms with van der Waals surface area (Å²) in [7, 11) is -1.39. The molecule has 1 aliphatic heterocycles. The van der Waals surface area contributed by atoms with Crippen molar-refractivity contribution in [1.29, 1.82) is 0 Å². The second-order valence-corrected chi connectivity index (χ2v) is 5.25.